The van der Waals surface area contributed by atoms with Gasteiger partial charge in [-0.15, -0.1) is 0 Å². The number of aryl methyl sites for hydroxylation is 1. The molecule has 0 radical (unpaired) electrons. The highest BCUT2D eigenvalue weighted by atomic mass is 16.5. The first kappa shape index (κ1) is 19.8. The zero-order valence-electron chi connectivity index (χ0n) is 15.5. The Hall–Kier alpha value is -2.53. The fourth-order valence-corrected chi connectivity index (χ4v) is 2.49. The van der Waals surface area contributed by atoms with Gasteiger partial charge in [-0.25, -0.2) is 0 Å². The largest absolute Gasteiger partial charge is 0.494 e. The first-order valence-electron chi connectivity index (χ1n) is 8.91. The van der Waals surface area contributed by atoms with Crippen LogP contribution in [0.4, 0.5) is 0 Å². The molecule has 2 aromatic carbocycles. The normalized spacial score (nSPS) is 10.4. The van der Waals surface area contributed by atoms with E-state index in [9.17, 15) is 4.79 Å². The summed E-state index contributed by atoms with van der Waals surface area (Å²) in [7, 11) is 1.64. The lowest BCUT2D eigenvalue weighted by Crippen LogP contribution is -2.23. The van der Waals surface area contributed by atoms with E-state index in [1.54, 1.807) is 7.11 Å². The molecule has 0 bridgehead atoms. The van der Waals surface area contributed by atoms with E-state index in [0.717, 1.165) is 22.6 Å². The molecule has 0 atom stereocenters. The lowest BCUT2D eigenvalue weighted by Gasteiger charge is -2.10. The van der Waals surface area contributed by atoms with Crippen LogP contribution in [0.1, 0.15) is 24.5 Å². The summed E-state index contributed by atoms with van der Waals surface area (Å²) in [4.78, 5) is 12.1. The zero-order valence-corrected chi connectivity index (χ0v) is 15.5. The summed E-state index contributed by atoms with van der Waals surface area (Å²) in [6, 6.07) is 15.5. The average molecular weight is 357 g/mol. The van der Waals surface area contributed by atoms with Gasteiger partial charge in [-0.1, -0.05) is 30.3 Å². The maximum Gasteiger partial charge on any atom is 0.220 e. The Balaban J connectivity index is 1.75. The molecule has 5 heteroatoms. The highest BCUT2D eigenvalue weighted by molar-refractivity contribution is 5.76. The van der Waals surface area contributed by atoms with E-state index in [4.69, 9.17) is 14.2 Å². The van der Waals surface area contributed by atoms with Gasteiger partial charge in [0.1, 0.15) is 18.1 Å². The van der Waals surface area contributed by atoms with Gasteiger partial charge in [0.2, 0.25) is 5.91 Å². The predicted molar refractivity (Wildman–Crippen MR) is 102 cm³/mol. The molecule has 140 valence electrons. The van der Waals surface area contributed by atoms with Crippen LogP contribution in [0.25, 0.3) is 0 Å². The van der Waals surface area contributed by atoms with Crippen molar-refractivity contribution in [1.82, 2.24) is 5.32 Å². The van der Waals surface area contributed by atoms with Crippen LogP contribution in [-0.2, 0) is 22.5 Å². The Morgan fingerprint density at radius 3 is 2.50 bits per heavy atom. The number of benzene rings is 2. The first-order chi connectivity index (χ1) is 12.7. The van der Waals surface area contributed by atoms with Crippen molar-refractivity contribution in [2.75, 3.05) is 26.9 Å². The molecule has 1 amide bonds. The molecule has 2 aromatic rings. The Labute approximate surface area is 155 Å². The minimum atomic E-state index is 0.0247. The van der Waals surface area contributed by atoms with Crippen molar-refractivity contribution in [3.8, 4) is 11.5 Å². The molecule has 1 N–H and O–H groups in total. The Morgan fingerprint density at radius 2 is 1.77 bits per heavy atom. The van der Waals surface area contributed by atoms with Gasteiger partial charge in [-0.3, -0.25) is 4.79 Å². The summed E-state index contributed by atoms with van der Waals surface area (Å²) in [5, 5.41) is 2.95. The molecule has 0 saturated carbocycles. The van der Waals surface area contributed by atoms with E-state index < -0.39 is 0 Å². The molecule has 0 aromatic heterocycles. The molecule has 0 spiro atoms. The van der Waals surface area contributed by atoms with Crippen LogP contribution < -0.4 is 14.8 Å². The van der Waals surface area contributed by atoms with Gasteiger partial charge in [0.15, 0.2) is 0 Å². The molecule has 5 nitrogen and oxygen atoms in total. The van der Waals surface area contributed by atoms with Crippen LogP contribution >= 0.6 is 0 Å². The van der Waals surface area contributed by atoms with Crippen LogP contribution in [0.5, 0.6) is 11.5 Å². The molecule has 0 aliphatic rings. The molecule has 0 aliphatic carbocycles. The summed E-state index contributed by atoms with van der Waals surface area (Å²) in [6.07, 6.45) is 1.09. The second-order valence-corrected chi connectivity index (χ2v) is 5.80. The van der Waals surface area contributed by atoms with E-state index in [1.165, 1.54) is 0 Å². The summed E-state index contributed by atoms with van der Waals surface area (Å²) < 4.78 is 16.1. The number of amides is 1. The molecule has 0 saturated heterocycles. The van der Waals surface area contributed by atoms with Gasteiger partial charge in [0.05, 0.1) is 13.2 Å². The van der Waals surface area contributed by atoms with Crippen molar-refractivity contribution >= 4 is 5.91 Å². The van der Waals surface area contributed by atoms with Crippen LogP contribution in [0.15, 0.2) is 48.5 Å². The first-order valence-corrected chi connectivity index (χ1v) is 8.91. The third kappa shape index (κ3) is 6.76. The topological polar surface area (TPSA) is 56.8 Å². The monoisotopic (exact) mass is 357 g/mol. The van der Waals surface area contributed by atoms with Gasteiger partial charge >= 0.3 is 0 Å². The van der Waals surface area contributed by atoms with Gasteiger partial charge in [0.25, 0.3) is 0 Å². The Morgan fingerprint density at radius 1 is 1.00 bits per heavy atom. The Bertz CT molecular complexity index is 670. The average Bonchev–Trinajstić information content (AvgIpc) is 2.67. The smallest absolute Gasteiger partial charge is 0.220 e. The summed E-state index contributed by atoms with van der Waals surface area (Å²) in [6.45, 7) is 4.16. The SMILES string of the molecule is CCOc1ccccc1CCC(=O)NCc1ccc(OCCOC)cc1. The number of carbonyl (C=O) groups is 1. The maximum absolute atomic E-state index is 12.1. The Kier molecular flexibility index (Phi) is 8.49. The lowest BCUT2D eigenvalue weighted by atomic mass is 10.1. The van der Waals surface area contributed by atoms with Crippen LogP contribution in [-0.4, -0.2) is 32.8 Å². The molecule has 26 heavy (non-hydrogen) atoms. The van der Waals surface area contributed by atoms with E-state index in [0.29, 0.717) is 39.2 Å². The number of rotatable bonds is 11. The lowest BCUT2D eigenvalue weighted by molar-refractivity contribution is -0.121. The van der Waals surface area contributed by atoms with Gasteiger partial charge in [0, 0.05) is 20.1 Å². The molecule has 0 unspecified atom stereocenters. The number of para-hydroxylation sites is 1. The van der Waals surface area contributed by atoms with Crippen molar-refractivity contribution < 1.29 is 19.0 Å². The highest BCUT2D eigenvalue weighted by Crippen LogP contribution is 2.19. The molecule has 0 fully saturated rings. The number of carbonyl (C=O) groups excluding carboxylic acids is 1. The van der Waals surface area contributed by atoms with Crippen molar-refractivity contribution in [3.05, 3.63) is 59.7 Å². The highest BCUT2D eigenvalue weighted by Gasteiger charge is 2.07. The molecular weight excluding hydrogens is 330 g/mol. The van der Waals surface area contributed by atoms with Crippen molar-refractivity contribution in [2.45, 2.75) is 26.3 Å². The molecule has 0 aliphatic heterocycles. The van der Waals surface area contributed by atoms with Crippen LogP contribution in [0, 0.1) is 0 Å². The summed E-state index contributed by atoms with van der Waals surface area (Å²) in [5.74, 6) is 1.67. The third-order valence-corrected chi connectivity index (χ3v) is 3.86. The van der Waals surface area contributed by atoms with Gasteiger partial charge in [-0.2, -0.15) is 0 Å². The number of ether oxygens (including phenoxy) is 3. The van der Waals surface area contributed by atoms with Crippen LogP contribution in [0.2, 0.25) is 0 Å². The van der Waals surface area contributed by atoms with Crippen molar-refractivity contribution in [2.24, 2.45) is 0 Å². The van der Waals surface area contributed by atoms with E-state index in [-0.39, 0.29) is 5.91 Å². The predicted octanol–water partition coefficient (Wildman–Crippen LogP) is 3.36. The minimum Gasteiger partial charge on any atom is -0.494 e. The number of nitrogens with one attached hydrogen (secondary N) is 1. The number of methoxy groups -OCH3 is 1. The van der Waals surface area contributed by atoms with Crippen molar-refractivity contribution in [3.63, 3.8) is 0 Å². The molecular formula is C21H27NO4. The second-order valence-electron chi connectivity index (χ2n) is 5.80. The van der Waals surface area contributed by atoms with E-state index in [1.807, 2.05) is 55.5 Å². The third-order valence-electron chi connectivity index (χ3n) is 3.86. The standard InChI is InChI=1S/C21H27NO4/c1-3-25-20-7-5-4-6-18(20)10-13-21(23)22-16-17-8-11-19(12-9-17)26-15-14-24-2/h4-9,11-12H,3,10,13-16H2,1-2H3,(H,22,23). The number of hydrogen-bond acceptors (Lipinski definition) is 4. The second kappa shape index (κ2) is 11.2. The zero-order chi connectivity index (χ0) is 18.6. The molecule has 0 heterocycles. The summed E-state index contributed by atoms with van der Waals surface area (Å²) in [5.41, 5.74) is 2.09. The molecule has 2 rings (SSSR count). The van der Waals surface area contributed by atoms with Crippen LogP contribution in [0.3, 0.4) is 0 Å². The minimum absolute atomic E-state index is 0.0247. The van der Waals surface area contributed by atoms with Gasteiger partial charge < -0.3 is 19.5 Å². The van der Waals surface area contributed by atoms with Gasteiger partial charge in [-0.05, 0) is 42.7 Å². The summed E-state index contributed by atoms with van der Waals surface area (Å²) >= 11 is 0. The quantitative estimate of drug-likeness (QED) is 0.627. The van der Waals surface area contributed by atoms with E-state index >= 15 is 0 Å². The van der Waals surface area contributed by atoms with E-state index in [2.05, 4.69) is 5.32 Å². The number of hydrogen-bond donors (Lipinski definition) is 1. The maximum atomic E-state index is 12.1. The van der Waals surface area contributed by atoms with Crippen molar-refractivity contribution in [1.29, 1.82) is 0 Å². The fraction of sp³-hybridized carbons (Fsp3) is 0.381. The fourth-order valence-electron chi connectivity index (χ4n) is 2.49.